The highest BCUT2D eigenvalue weighted by Crippen LogP contribution is 2.28. The largest absolute Gasteiger partial charge is 0.497 e. The summed E-state index contributed by atoms with van der Waals surface area (Å²) in [5.74, 6) is 0.997. The predicted molar refractivity (Wildman–Crippen MR) is 114 cm³/mol. The number of allylic oxidation sites excluding steroid dienone is 1. The van der Waals surface area contributed by atoms with Crippen molar-refractivity contribution in [2.45, 2.75) is 5.75 Å². The molecule has 0 fully saturated rings. The van der Waals surface area contributed by atoms with Crippen molar-refractivity contribution in [1.29, 1.82) is 0 Å². The molecule has 0 aliphatic rings. The van der Waals surface area contributed by atoms with Gasteiger partial charge in [0.2, 0.25) is 0 Å². The summed E-state index contributed by atoms with van der Waals surface area (Å²) in [6, 6.07) is 20.6. The van der Waals surface area contributed by atoms with Crippen LogP contribution in [0.5, 0.6) is 5.75 Å². The fourth-order valence-electron chi connectivity index (χ4n) is 2.51. The third kappa shape index (κ3) is 5.47. The van der Waals surface area contributed by atoms with E-state index in [0.29, 0.717) is 21.2 Å². The van der Waals surface area contributed by atoms with Crippen molar-refractivity contribution in [3.8, 4) is 5.75 Å². The molecule has 0 heterocycles. The van der Waals surface area contributed by atoms with Gasteiger partial charge in [-0.15, -0.1) is 11.8 Å². The second kappa shape index (κ2) is 9.58. The first kappa shape index (κ1) is 20.2. The lowest BCUT2D eigenvalue weighted by Crippen LogP contribution is -2.01. The summed E-state index contributed by atoms with van der Waals surface area (Å²) < 4.78 is 18.4. The molecule has 0 radical (unpaired) electrons. The van der Waals surface area contributed by atoms with Gasteiger partial charge in [0.05, 0.1) is 12.0 Å². The Morgan fingerprint density at radius 3 is 2.25 bits per heavy atom. The highest BCUT2D eigenvalue weighted by atomic mass is 35.5. The molecule has 5 heteroatoms. The molecule has 3 rings (SSSR count). The predicted octanol–water partition coefficient (Wildman–Crippen LogP) is 6.64. The van der Waals surface area contributed by atoms with Crippen LogP contribution in [-0.2, 0) is 5.75 Å². The van der Waals surface area contributed by atoms with Crippen LogP contribution >= 0.6 is 23.4 Å². The number of ketones is 1. The maximum atomic E-state index is 13.2. The van der Waals surface area contributed by atoms with Crippen LogP contribution in [0, 0.1) is 5.82 Å². The third-order valence-electron chi connectivity index (χ3n) is 4.05. The second-order valence-corrected chi connectivity index (χ2v) is 7.49. The molecule has 3 aromatic carbocycles. The van der Waals surface area contributed by atoms with Crippen molar-refractivity contribution in [2.75, 3.05) is 7.11 Å². The average Bonchev–Trinajstić information content (AvgIpc) is 2.73. The van der Waals surface area contributed by atoms with Gasteiger partial charge in [0, 0.05) is 16.3 Å². The van der Waals surface area contributed by atoms with E-state index in [2.05, 4.69) is 0 Å². The number of halogens is 2. The molecule has 142 valence electrons. The Hall–Kier alpha value is -2.56. The number of ether oxygens (including phenoxy) is 1. The highest BCUT2D eigenvalue weighted by molar-refractivity contribution is 8.03. The summed E-state index contributed by atoms with van der Waals surface area (Å²) in [6.07, 6.45) is 1.78. The van der Waals surface area contributed by atoms with E-state index < -0.39 is 0 Å². The highest BCUT2D eigenvalue weighted by Gasteiger charge is 2.14. The van der Waals surface area contributed by atoms with Gasteiger partial charge in [0.25, 0.3) is 0 Å². The number of carbonyl (C=O) groups excluding carboxylic acids is 1. The summed E-state index contributed by atoms with van der Waals surface area (Å²) in [5.41, 5.74) is 2.39. The SMILES string of the molecule is COc1ccc(CSC(=Cc2ccc(F)cc2)C(=O)c2ccc(Cl)cc2)cc1. The minimum absolute atomic E-state index is 0.0977. The first-order valence-electron chi connectivity index (χ1n) is 8.58. The van der Waals surface area contributed by atoms with Crippen molar-refractivity contribution in [1.82, 2.24) is 0 Å². The molecule has 0 aliphatic heterocycles. The number of carbonyl (C=O) groups is 1. The number of hydrogen-bond donors (Lipinski definition) is 0. The number of benzene rings is 3. The average molecular weight is 413 g/mol. The van der Waals surface area contributed by atoms with Crippen LogP contribution in [-0.4, -0.2) is 12.9 Å². The molecule has 0 aliphatic carbocycles. The Kier molecular flexibility index (Phi) is 6.90. The Morgan fingerprint density at radius 2 is 1.64 bits per heavy atom. The lowest BCUT2D eigenvalue weighted by molar-refractivity contribution is 0.104. The van der Waals surface area contributed by atoms with E-state index in [4.69, 9.17) is 16.3 Å². The van der Waals surface area contributed by atoms with Crippen molar-refractivity contribution in [3.63, 3.8) is 0 Å². The lowest BCUT2D eigenvalue weighted by atomic mass is 10.1. The molecule has 3 aromatic rings. The lowest BCUT2D eigenvalue weighted by Gasteiger charge is -2.09. The summed E-state index contributed by atoms with van der Waals surface area (Å²) in [7, 11) is 1.62. The Morgan fingerprint density at radius 1 is 1.00 bits per heavy atom. The van der Waals surface area contributed by atoms with E-state index in [1.807, 2.05) is 24.3 Å². The van der Waals surface area contributed by atoms with Crippen LogP contribution in [0.1, 0.15) is 21.5 Å². The van der Waals surface area contributed by atoms with Crippen LogP contribution in [0.4, 0.5) is 4.39 Å². The molecular weight excluding hydrogens is 395 g/mol. The Labute approximate surface area is 173 Å². The van der Waals surface area contributed by atoms with Gasteiger partial charge >= 0.3 is 0 Å². The normalized spacial score (nSPS) is 11.3. The monoisotopic (exact) mass is 412 g/mol. The van der Waals surface area contributed by atoms with Gasteiger partial charge in [-0.1, -0.05) is 35.9 Å². The van der Waals surface area contributed by atoms with Gasteiger partial charge in [-0.3, -0.25) is 4.79 Å². The topological polar surface area (TPSA) is 26.3 Å². The summed E-state index contributed by atoms with van der Waals surface area (Å²) >= 11 is 7.37. The molecule has 0 saturated heterocycles. The molecule has 2 nitrogen and oxygen atoms in total. The first-order valence-corrected chi connectivity index (χ1v) is 9.95. The van der Waals surface area contributed by atoms with E-state index in [1.165, 1.54) is 23.9 Å². The minimum atomic E-state index is -0.311. The fraction of sp³-hybridized carbons (Fsp3) is 0.0870. The van der Waals surface area contributed by atoms with E-state index in [0.717, 1.165) is 16.9 Å². The number of thioether (sulfide) groups is 1. The number of methoxy groups -OCH3 is 1. The molecule has 0 atom stereocenters. The minimum Gasteiger partial charge on any atom is -0.497 e. The van der Waals surface area contributed by atoms with Gasteiger partial charge < -0.3 is 4.74 Å². The molecule has 0 unspecified atom stereocenters. The standard InChI is InChI=1S/C23H18ClFO2S/c1-27-21-12-4-17(5-13-21)15-28-22(14-16-2-10-20(25)11-3-16)23(26)18-6-8-19(24)9-7-18/h2-14H,15H2,1H3. The van der Waals surface area contributed by atoms with E-state index >= 15 is 0 Å². The van der Waals surface area contributed by atoms with Gasteiger partial charge in [0.15, 0.2) is 5.78 Å². The molecule has 0 saturated carbocycles. The number of Topliss-reactive ketones (excluding diaryl/α,β-unsaturated/α-hetero) is 1. The molecule has 28 heavy (non-hydrogen) atoms. The van der Waals surface area contributed by atoms with Crippen molar-refractivity contribution >= 4 is 35.2 Å². The van der Waals surface area contributed by atoms with Gasteiger partial charge in [-0.25, -0.2) is 4.39 Å². The molecule has 0 aromatic heterocycles. The van der Waals surface area contributed by atoms with Crippen LogP contribution in [0.3, 0.4) is 0 Å². The quantitative estimate of drug-likeness (QED) is 0.321. The second-order valence-electron chi connectivity index (χ2n) is 6.03. The van der Waals surface area contributed by atoms with Crippen LogP contribution in [0.15, 0.2) is 77.7 Å². The smallest absolute Gasteiger partial charge is 0.199 e. The van der Waals surface area contributed by atoms with Gasteiger partial charge in [-0.05, 0) is 65.7 Å². The van der Waals surface area contributed by atoms with Crippen molar-refractivity contribution < 1.29 is 13.9 Å². The fourth-order valence-corrected chi connectivity index (χ4v) is 3.62. The van der Waals surface area contributed by atoms with Crippen LogP contribution < -0.4 is 4.74 Å². The zero-order chi connectivity index (χ0) is 19.9. The maximum Gasteiger partial charge on any atom is 0.199 e. The van der Waals surface area contributed by atoms with E-state index in [1.54, 1.807) is 49.6 Å². The van der Waals surface area contributed by atoms with Crippen molar-refractivity contribution in [2.24, 2.45) is 0 Å². The number of hydrogen-bond acceptors (Lipinski definition) is 3. The molecule has 0 N–H and O–H groups in total. The Balaban J connectivity index is 1.85. The van der Waals surface area contributed by atoms with Crippen LogP contribution in [0.25, 0.3) is 6.08 Å². The summed E-state index contributed by atoms with van der Waals surface area (Å²) in [5, 5.41) is 0.575. The summed E-state index contributed by atoms with van der Waals surface area (Å²) in [6.45, 7) is 0. The molecule has 0 amide bonds. The maximum absolute atomic E-state index is 13.2. The molecule has 0 bridgehead atoms. The first-order chi connectivity index (χ1) is 13.5. The zero-order valence-electron chi connectivity index (χ0n) is 15.2. The van der Waals surface area contributed by atoms with Gasteiger partial charge in [0.1, 0.15) is 11.6 Å². The van der Waals surface area contributed by atoms with E-state index in [-0.39, 0.29) is 11.6 Å². The van der Waals surface area contributed by atoms with Crippen molar-refractivity contribution in [3.05, 3.63) is 105 Å². The molecule has 0 spiro atoms. The number of rotatable bonds is 7. The summed E-state index contributed by atoms with van der Waals surface area (Å²) in [4.78, 5) is 13.6. The van der Waals surface area contributed by atoms with Crippen LogP contribution in [0.2, 0.25) is 5.02 Å². The zero-order valence-corrected chi connectivity index (χ0v) is 16.8. The third-order valence-corrected chi connectivity index (χ3v) is 5.40. The Bertz CT molecular complexity index is 965. The molecular formula is C23H18ClFO2S. The van der Waals surface area contributed by atoms with Gasteiger partial charge in [-0.2, -0.15) is 0 Å². The van der Waals surface area contributed by atoms with E-state index in [9.17, 15) is 9.18 Å².